The molecular weight excluding hydrogens is 387 g/mol. The van der Waals surface area contributed by atoms with Gasteiger partial charge >= 0.3 is 0 Å². The molecule has 0 unspecified atom stereocenters. The summed E-state index contributed by atoms with van der Waals surface area (Å²) in [6, 6.07) is 16.4. The molecule has 0 saturated heterocycles. The first kappa shape index (κ1) is 19.3. The Morgan fingerprint density at radius 3 is 2.64 bits per heavy atom. The maximum Gasteiger partial charge on any atom is 0.283 e. The molecule has 28 heavy (non-hydrogen) atoms. The van der Waals surface area contributed by atoms with Crippen LogP contribution in [0, 0.1) is 15.9 Å². The number of rotatable bonds is 6. The van der Waals surface area contributed by atoms with Gasteiger partial charge in [-0.3, -0.25) is 14.9 Å². The fourth-order valence-electron chi connectivity index (χ4n) is 2.51. The minimum atomic E-state index is -0.663. The molecule has 0 aliphatic rings. The number of halogens is 2. The lowest BCUT2D eigenvalue weighted by Crippen LogP contribution is -2.14. The molecule has 6 nitrogen and oxygen atoms in total. The highest BCUT2D eigenvalue weighted by Gasteiger charge is 2.20. The number of hydrogen-bond donors (Lipinski definition) is 1. The third kappa shape index (κ3) is 4.83. The summed E-state index contributed by atoms with van der Waals surface area (Å²) in [6.45, 7) is 0.161. The number of nitro groups is 1. The molecule has 142 valence electrons. The summed E-state index contributed by atoms with van der Waals surface area (Å²) >= 11 is 5.77. The van der Waals surface area contributed by atoms with Crippen LogP contribution in [0.3, 0.4) is 0 Å². The van der Waals surface area contributed by atoms with E-state index in [1.807, 2.05) is 0 Å². The normalized spacial score (nSPS) is 10.4. The Labute approximate surface area is 164 Å². The summed E-state index contributed by atoms with van der Waals surface area (Å²) < 4.78 is 18.7. The molecule has 0 aliphatic carbocycles. The monoisotopic (exact) mass is 400 g/mol. The summed E-state index contributed by atoms with van der Waals surface area (Å²) in [5.74, 6) is -0.652. The molecule has 0 radical (unpaired) electrons. The van der Waals surface area contributed by atoms with E-state index in [4.69, 9.17) is 16.3 Å². The van der Waals surface area contributed by atoms with Gasteiger partial charge in [-0.05, 0) is 42.0 Å². The van der Waals surface area contributed by atoms with Crippen LogP contribution in [0.25, 0.3) is 0 Å². The average molecular weight is 401 g/mol. The third-order valence-corrected chi connectivity index (χ3v) is 4.02. The van der Waals surface area contributed by atoms with Gasteiger partial charge in [0.1, 0.15) is 23.7 Å². The van der Waals surface area contributed by atoms with Gasteiger partial charge in [-0.2, -0.15) is 0 Å². The van der Waals surface area contributed by atoms with Gasteiger partial charge in [0.15, 0.2) is 0 Å². The Kier molecular flexibility index (Phi) is 5.86. The van der Waals surface area contributed by atoms with Crippen LogP contribution in [0.4, 0.5) is 15.8 Å². The number of nitrogens with one attached hydrogen (secondary N) is 1. The first-order valence-electron chi connectivity index (χ1n) is 8.15. The predicted molar refractivity (Wildman–Crippen MR) is 103 cm³/mol. The lowest BCUT2D eigenvalue weighted by atomic mass is 10.1. The highest BCUT2D eigenvalue weighted by molar-refractivity contribution is 6.31. The number of nitro benzene ring substituents is 1. The molecule has 8 heteroatoms. The molecule has 3 aromatic rings. The fraction of sp³-hybridized carbons (Fsp3) is 0.0500. The molecule has 1 N–H and O–H groups in total. The van der Waals surface area contributed by atoms with Crippen LogP contribution in [-0.4, -0.2) is 10.8 Å². The number of anilines is 1. The molecule has 0 aromatic heterocycles. The van der Waals surface area contributed by atoms with Gasteiger partial charge in [0.25, 0.3) is 11.6 Å². The molecule has 3 rings (SSSR count). The van der Waals surface area contributed by atoms with E-state index >= 15 is 0 Å². The zero-order chi connectivity index (χ0) is 20.1. The van der Waals surface area contributed by atoms with Gasteiger partial charge in [0.05, 0.1) is 4.92 Å². The first-order chi connectivity index (χ1) is 13.4. The van der Waals surface area contributed by atoms with Crippen molar-refractivity contribution >= 4 is 28.9 Å². The van der Waals surface area contributed by atoms with Gasteiger partial charge < -0.3 is 10.1 Å². The largest absolute Gasteiger partial charge is 0.489 e. The minimum Gasteiger partial charge on any atom is -0.489 e. The molecule has 0 atom stereocenters. The maximum atomic E-state index is 13.2. The Morgan fingerprint density at radius 2 is 1.89 bits per heavy atom. The van der Waals surface area contributed by atoms with E-state index in [9.17, 15) is 19.3 Å². The van der Waals surface area contributed by atoms with E-state index in [-0.39, 0.29) is 22.9 Å². The summed E-state index contributed by atoms with van der Waals surface area (Å²) in [5, 5.41) is 13.9. The molecule has 3 aromatic carbocycles. The molecule has 0 spiro atoms. The first-order valence-corrected chi connectivity index (χ1v) is 8.53. The standard InChI is InChI=1S/C20H14ClFN2O4/c21-14-7-8-18(19(10-14)24(26)27)20(25)23-16-5-1-3-13(9-16)12-28-17-6-2-4-15(22)11-17/h1-11H,12H2,(H,23,25). The van der Waals surface area contributed by atoms with Crippen molar-refractivity contribution in [3.63, 3.8) is 0 Å². The van der Waals surface area contributed by atoms with Crippen molar-refractivity contribution in [2.75, 3.05) is 5.32 Å². The molecule has 1 amide bonds. The lowest BCUT2D eigenvalue weighted by molar-refractivity contribution is -0.385. The second-order valence-electron chi connectivity index (χ2n) is 5.82. The smallest absolute Gasteiger partial charge is 0.283 e. The second-order valence-corrected chi connectivity index (χ2v) is 6.26. The number of carbonyl (C=O) groups is 1. The zero-order valence-corrected chi connectivity index (χ0v) is 15.2. The van der Waals surface area contributed by atoms with Gasteiger partial charge in [-0.25, -0.2) is 4.39 Å². The van der Waals surface area contributed by atoms with Gasteiger partial charge in [-0.1, -0.05) is 29.8 Å². The van der Waals surface area contributed by atoms with E-state index in [1.165, 1.54) is 24.3 Å². The van der Waals surface area contributed by atoms with Gasteiger partial charge in [-0.15, -0.1) is 0 Å². The topological polar surface area (TPSA) is 81.5 Å². The van der Waals surface area contributed by atoms with Crippen molar-refractivity contribution in [2.45, 2.75) is 6.61 Å². The Balaban J connectivity index is 1.72. The van der Waals surface area contributed by atoms with Crippen molar-refractivity contribution in [1.82, 2.24) is 0 Å². The molecule has 0 heterocycles. The number of carbonyl (C=O) groups excluding carboxylic acids is 1. The van der Waals surface area contributed by atoms with E-state index < -0.39 is 16.6 Å². The predicted octanol–water partition coefficient (Wildman–Crippen LogP) is 5.22. The highest BCUT2D eigenvalue weighted by atomic mass is 35.5. The number of nitrogens with zero attached hydrogens (tertiary/aromatic N) is 1. The van der Waals surface area contributed by atoms with Crippen LogP contribution in [0.5, 0.6) is 5.75 Å². The summed E-state index contributed by atoms with van der Waals surface area (Å²) in [5.41, 5.74) is 0.689. The van der Waals surface area contributed by atoms with Crippen molar-refractivity contribution in [2.24, 2.45) is 0 Å². The Hall–Kier alpha value is -3.45. The van der Waals surface area contributed by atoms with E-state index in [1.54, 1.807) is 36.4 Å². The molecule has 0 saturated carbocycles. The quantitative estimate of drug-likeness (QED) is 0.454. The van der Waals surface area contributed by atoms with Crippen LogP contribution in [0.15, 0.2) is 66.7 Å². The van der Waals surface area contributed by atoms with Crippen LogP contribution in [0.1, 0.15) is 15.9 Å². The van der Waals surface area contributed by atoms with E-state index in [0.717, 1.165) is 11.6 Å². The van der Waals surface area contributed by atoms with Crippen molar-refractivity contribution in [3.05, 3.63) is 98.8 Å². The Morgan fingerprint density at radius 1 is 1.11 bits per heavy atom. The zero-order valence-electron chi connectivity index (χ0n) is 14.4. The van der Waals surface area contributed by atoms with Crippen molar-refractivity contribution in [1.29, 1.82) is 0 Å². The van der Waals surface area contributed by atoms with Crippen LogP contribution in [0.2, 0.25) is 5.02 Å². The number of ether oxygens (including phenoxy) is 1. The number of amides is 1. The maximum absolute atomic E-state index is 13.2. The van der Waals surface area contributed by atoms with Crippen molar-refractivity contribution in [3.8, 4) is 5.75 Å². The Bertz CT molecular complexity index is 1040. The summed E-state index contributed by atoms with van der Waals surface area (Å²) in [6.07, 6.45) is 0. The second kappa shape index (κ2) is 8.49. The highest BCUT2D eigenvalue weighted by Crippen LogP contribution is 2.24. The van der Waals surface area contributed by atoms with Gasteiger partial charge in [0, 0.05) is 22.8 Å². The molecule has 0 fully saturated rings. The SMILES string of the molecule is O=C(Nc1cccc(COc2cccc(F)c2)c1)c1ccc(Cl)cc1[N+](=O)[O-]. The van der Waals surface area contributed by atoms with Crippen LogP contribution < -0.4 is 10.1 Å². The summed E-state index contributed by atoms with van der Waals surface area (Å²) in [4.78, 5) is 22.9. The van der Waals surface area contributed by atoms with Crippen molar-refractivity contribution < 1.29 is 18.8 Å². The molecule has 0 aliphatic heterocycles. The fourth-order valence-corrected chi connectivity index (χ4v) is 2.67. The van der Waals surface area contributed by atoms with E-state index in [2.05, 4.69) is 5.32 Å². The number of benzene rings is 3. The molecular formula is C20H14ClFN2O4. The average Bonchev–Trinajstić information content (AvgIpc) is 2.66. The van der Waals surface area contributed by atoms with Crippen LogP contribution in [-0.2, 0) is 6.61 Å². The van der Waals surface area contributed by atoms with E-state index in [0.29, 0.717) is 11.4 Å². The molecule has 0 bridgehead atoms. The third-order valence-electron chi connectivity index (χ3n) is 3.79. The van der Waals surface area contributed by atoms with Crippen LogP contribution >= 0.6 is 11.6 Å². The number of hydrogen-bond acceptors (Lipinski definition) is 4. The lowest BCUT2D eigenvalue weighted by Gasteiger charge is -2.09. The minimum absolute atomic E-state index is 0.101. The van der Waals surface area contributed by atoms with Gasteiger partial charge in [0.2, 0.25) is 0 Å². The summed E-state index contributed by atoms with van der Waals surface area (Å²) in [7, 11) is 0.